The highest BCUT2D eigenvalue weighted by Gasteiger charge is 2.04. The van der Waals surface area contributed by atoms with Crippen molar-refractivity contribution in [3.8, 4) is 6.07 Å². The van der Waals surface area contributed by atoms with Crippen molar-refractivity contribution in [1.29, 1.82) is 5.26 Å². The van der Waals surface area contributed by atoms with Crippen molar-refractivity contribution in [2.75, 3.05) is 0 Å². The van der Waals surface area contributed by atoms with Gasteiger partial charge in [-0.1, -0.05) is 6.07 Å². The highest BCUT2D eigenvalue weighted by molar-refractivity contribution is 5.93. The molecule has 1 aromatic carbocycles. The maximum atomic E-state index is 11.5. The van der Waals surface area contributed by atoms with Gasteiger partial charge in [-0.25, -0.2) is 0 Å². The number of fused-ring (bicyclic) bond motifs is 1. The predicted molar refractivity (Wildman–Crippen MR) is 73.1 cm³/mol. The summed E-state index contributed by atoms with van der Waals surface area (Å²) in [5, 5.41) is 19.1. The van der Waals surface area contributed by atoms with Crippen LogP contribution in [-0.4, -0.2) is 22.1 Å². The van der Waals surface area contributed by atoms with Crippen LogP contribution in [0.15, 0.2) is 24.3 Å². The zero-order valence-corrected chi connectivity index (χ0v) is 10.8. The van der Waals surface area contributed by atoms with E-state index in [4.69, 9.17) is 5.26 Å². The number of nitrogens with one attached hydrogen (secondary N) is 2. The number of H-pyrrole nitrogens is 1. The molecule has 0 aliphatic heterocycles. The Labute approximate surface area is 110 Å². The van der Waals surface area contributed by atoms with Crippen molar-refractivity contribution in [2.24, 2.45) is 0 Å². The number of nitrogens with zero attached hydrogens (tertiary/aromatic N) is 2. The Bertz CT molecular complexity index is 676. The van der Waals surface area contributed by atoms with E-state index >= 15 is 0 Å². The molecule has 0 aliphatic rings. The summed E-state index contributed by atoms with van der Waals surface area (Å²) in [4.78, 5) is 11.5. The molecule has 0 spiro atoms. The van der Waals surface area contributed by atoms with Crippen molar-refractivity contribution >= 4 is 22.9 Å². The lowest BCUT2D eigenvalue weighted by Crippen LogP contribution is -2.28. The van der Waals surface area contributed by atoms with Gasteiger partial charge in [0.25, 0.3) is 0 Å². The molecule has 2 rings (SSSR count). The van der Waals surface area contributed by atoms with E-state index in [0.717, 1.165) is 16.5 Å². The number of carbonyl (C=O) groups excluding carboxylic acids is 1. The summed E-state index contributed by atoms with van der Waals surface area (Å²) in [6.45, 7) is 3.82. The lowest BCUT2D eigenvalue weighted by Gasteiger charge is -2.04. The Kier molecular flexibility index (Phi) is 3.62. The minimum absolute atomic E-state index is 0.116. The first kappa shape index (κ1) is 12.8. The minimum atomic E-state index is -0.127. The van der Waals surface area contributed by atoms with Gasteiger partial charge in [-0.2, -0.15) is 10.4 Å². The van der Waals surface area contributed by atoms with Gasteiger partial charge in [-0.15, -0.1) is 0 Å². The average molecular weight is 254 g/mol. The van der Waals surface area contributed by atoms with Crippen LogP contribution in [0.4, 0.5) is 0 Å². The smallest absolute Gasteiger partial charge is 0.244 e. The molecule has 0 saturated heterocycles. The summed E-state index contributed by atoms with van der Waals surface area (Å²) < 4.78 is 0. The van der Waals surface area contributed by atoms with Gasteiger partial charge in [-0.3, -0.25) is 9.89 Å². The largest absolute Gasteiger partial charge is 0.350 e. The van der Waals surface area contributed by atoms with Crippen LogP contribution in [-0.2, 0) is 4.79 Å². The van der Waals surface area contributed by atoms with Gasteiger partial charge in [0, 0.05) is 17.5 Å². The van der Waals surface area contributed by atoms with Gasteiger partial charge in [0.15, 0.2) is 5.69 Å². The quantitative estimate of drug-likeness (QED) is 0.821. The predicted octanol–water partition coefficient (Wildman–Crippen LogP) is 1.97. The number of amides is 1. The van der Waals surface area contributed by atoms with Crippen LogP contribution in [0, 0.1) is 11.3 Å². The summed E-state index contributed by atoms with van der Waals surface area (Å²) in [6, 6.07) is 7.64. The third-order valence-electron chi connectivity index (χ3n) is 2.55. The van der Waals surface area contributed by atoms with E-state index in [1.54, 1.807) is 6.08 Å². The number of benzene rings is 1. The zero-order valence-electron chi connectivity index (χ0n) is 10.8. The molecular weight excluding hydrogens is 240 g/mol. The third kappa shape index (κ3) is 2.99. The Morgan fingerprint density at radius 2 is 2.32 bits per heavy atom. The number of nitriles is 1. The fraction of sp³-hybridized carbons (Fsp3) is 0.214. The van der Waals surface area contributed by atoms with E-state index in [-0.39, 0.29) is 11.9 Å². The molecule has 19 heavy (non-hydrogen) atoms. The molecule has 1 aromatic heterocycles. The molecule has 0 aliphatic carbocycles. The minimum Gasteiger partial charge on any atom is -0.350 e. The van der Waals surface area contributed by atoms with Crippen molar-refractivity contribution < 1.29 is 4.79 Å². The molecule has 2 N–H and O–H groups in total. The Morgan fingerprint density at radius 3 is 3.00 bits per heavy atom. The molecule has 0 bridgehead atoms. The zero-order chi connectivity index (χ0) is 13.8. The second-order valence-electron chi connectivity index (χ2n) is 4.49. The van der Waals surface area contributed by atoms with Gasteiger partial charge in [0.2, 0.25) is 5.91 Å². The summed E-state index contributed by atoms with van der Waals surface area (Å²) in [5.74, 6) is -0.127. The van der Waals surface area contributed by atoms with Gasteiger partial charge in [0.1, 0.15) is 6.07 Å². The number of aromatic nitrogens is 2. The van der Waals surface area contributed by atoms with Crippen molar-refractivity contribution in [1.82, 2.24) is 15.5 Å². The molecule has 96 valence electrons. The van der Waals surface area contributed by atoms with E-state index < -0.39 is 0 Å². The molecule has 5 nitrogen and oxygen atoms in total. The number of hydrogen-bond acceptors (Lipinski definition) is 3. The first-order valence-corrected chi connectivity index (χ1v) is 5.97. The maximum Gasteiger partial charge on any atom is 0.244 e. The molecular formula is C14H14N4O. The molecule has 0 unspecified atom stereocenters. The number of rotatable bonds is 3. The molecule has 0 radical (unpaired) electrons. The second-order valence-corrected chi connectivity index (χ2v) is 4.49. The number of aromatic amines is 1. The second kappa shape index (κ2) is 5.36. The van der Waals surface area contributed by atoms with Crippen molar-refractivity contribution in [3.05, 3.63) is 35.5 Å². The number of carbonyl (C=O) groups is 1. The third-order valence-corrected chi connectivity index (χ3v) is 2.55. The SMILES string of the molecule is CC(C)NC(=O)/C=C/c1ccc2c(C#N)n[nH]c2c1. The van der Waals surface area contributed by atoms with Gasteiger partial charge >= 0.3 is 0 Å². The molecule has 0 atom stereocenters. The standard InChI is InChI=1S/C14H14N4O/c1-9(2)16-14(19)6-4-10-3-5-11-12(7-10)17-18-13(11)8-15/h3-7,9H,1-2H3,(H,16,19)(H,17,18)/b6-4+. The van der Waals surface area contributed by atoms with Gasteiger partial charge in [0.05, 0.1) is 5.52 Å². The summed E-state index contributed by atoms with van der Waals surface area (Å²) >= 11 is 0. The Hall–Kier alpha value is -2.61. The number of hydrogen-bond donors (Lipinski definition) is 2. The normalized spacial score (nSPS) is 11.1. The summed E-state index contributed by atoms with van der Waals surface area (Å²) in [7, 11) is 0. The highest BCUT2D eigenvalue weighted by Crippen LogP contribution is 2.17. The van der Waals surface area contributed by atoms with E-state index in [1.165, 1.54) is 6.08 Å². The molecule has 1 heterocycles. The summed E-state index contributed by atoms with van der Waals surface area (Å²) in [6.07, 6.45) is 3.22. The lowest BCUT2D eigenvalue weighted by atomic mass is 10.1. The monoisotopic (exact) mass is 254 g/mol. The molecule has 0 saturated carbocycles. The van der Waals surface area contributed by atoms with Crippen molar-refractivity contribution in [3.63, 3.8) is 0 Å². The highest BCUT2D eigenvalue weighted by atomic mass is 16.1. The molecule has 1 amide bonds. The van der Waals surface area contributed by atoms with Crippen LogP contribution >= 0.6 is 0 Å². The van der Waals surface area contributed by atoms with Crippen LogP contribution < -0.4 is 5.32 Å². The lowest BCUT2D eigenvalue weighted by molar-refractivity contribution is -0.116. The van der Waals surface area contributed by atoms with Crippen LogP contribution in [0.5, 0.6) is 0 Å². The molecule has 5 heteroatoms. The van der Waals surface area contributed by atoms with Crippen LogP contribution in [0.25, 0.3) is 17.0 Å². The fourth-order valence-electron chi connectivity index (χ4n) is 1.73. The van der Waals surface area contributed by atoms with Gasteiger partial charge in [-0.05, 0) is 37.6 Å². The topological polar surface area (TPSA) is 81.6 Å². The van der Waals surface area contributed by atoms with Crippen molar-refractivity contribution in [2.45, 2.75) is 19.9 Å². The van der Waals surface area contributed by atoms with Gasteiger partial charge < -0.3 is 5.32 Å². The van der Waals surface area contributed by atoms with E-state index in [0.29, 0.717) is 5.69 Å². The maximum absolute atomic E-state index is 11.5. The molecule has 0 fully saturated rings. The van der Waals surface area contributed by atoms with Crippen LogP contribution in [0.3, 0.4) is 0 Å². The van der Waals surface area contributed by atoms with E-state index in [9.17, 15) is 4.79 Å². The Morgan fingerprint density at radius 1 is 1.53 bits per heavy atom. The van der Waals surface area contributed by atoms with E-state index in [1.807, 2.05) is 38.1 Å². The van der Waals surface area contributed by atoms with Crippen LogP contribution in [0.2, 0.25) is 0 Å². The van der Waals surface area contributed by atoms with Crippen LogP contribution in [0.1, 0.15) is 25.1 Å². The Balaban J connectivity index is 2.21. The fourth-order valence-corrected chi connectivity index (χ4v) is 1.73. The first-order valence-electron chi connectivity index (χ1n) is 5.97. The average Bonchev–Trinajstić information content (AvgIpc) is 2.77. The summed E-state index contributed by atoms with van der Waals surface area (Å²) in [5.41, 5.74) is 2.03. The first-order chi connectivity index (χ1) is 9.10. The molecule has 2 aromatic rings. The van der Waals surface area contributed by atoms with E-state index in [2.05, 4.69) is 15.5 Å².